The quantitative estimate of drug-likeness (QED) is 0.708. The van der Waals surface area contributed by atoms with Crippen molar-refractivity contribution in [1.29, 1.82) is 0 Å². The number of rotatable bonds is 6. The minimum absolute atomic E-state index is 0.0295. The molecule has 2 N–H and O–H groups in total. The highest BCUT2D eigenvalue weighted by atomic mass is 32.2. The smallest absolute Gasteiger partial charge is 0.260 e. The third-order valence-electron chi connectivity index (χ3n) is 3.88. The normalized spacial score (nSPS) is 15.9. The summed E-state index contributed by atoms with van der Waals surface area (Å²) in [5, 5.41) is 0. The number of nitrogens with zero attached hydrogens (tertiary/aromatic N) is 2. The molecule has 1 aliphatic heterocycles. The minimum atomic E-state index is -4.14. The lowest BCUT2D eigenvalue weighted by Crippen LogP contribution is -2.31. The van der Waals surface area contributed by atoms with Crippen LogP contribution in [-0.4, -0.2) is 39.2 Å². The van der Waals surface area contributed by atoms with Crippen molar-refractivity contribution < 1.29 is 21.2 Å². The van der Waals surface area contributed by atoms with Gasteiger partial charge in [0, 0.05) is 19.3 Å². The van der Waals surface area contributed by atoms with E-state index in [2.05, 4.69) is 10.4 Å². The fourth-order valence-corrected chi connectivity index (χ4v) is 4.92. The highest BCUT2D eigenvalue weighted by molar-refractivity contribution is 7.89. The van der Waals surface area contributed by atoms with Gasteiger partial charge in [0.25, 0.3) is 10.0 Å². The molecule has 0 bridgehead atoms. The van der Waals surface area contributed by atoms with Crippen molar-refractivity contribution in [2.75, 3.05) is 18.5 Å². The number of pyridine rings is 1. The topological polar surface area (TPSA) is 108 Å². The molecule has 1 saturated heterocycles. The first-order valence-corrected chi connectivity index (χ1v) is 10.7. The van der Waals surface area contributed by atoms with Crippen LogP contribution in [0, 0.1) is 5.82 Å². The molecule has 1 aromatic heterocycles. The van der Waals surface area contributed by atoms with Gasteiger partial charge in [-0.05, 0) is 37.1 Å². The van der Waals surface area contributed by atoms with E-state index in [0.29, 0.717) is 13.1 Å². The van der Waals surface area contributed by atoms with E-state index < -0.39 is 30.8 Å². The molecule has 11 heteroatoms. The molecule has 1 fully saturated rings. The number of hydrogen-bond acceptors (Lipinski definition) is 6. The van der Waals surface area contributed by atoms with Gasteiger partial charge in [-0.3, -0.25) is 5.43 Å². The van der Waals surface area contributed by atoms with Gasteiger partial charge in [-0.1, -0.05) is 12.1 Å². The van der Waals surface area contributed by atoms with Gasteiger partial charge in [0.1, 0.15) is 21.4 Å². The first kappa shape index (κ1) is 18.7. The molecule has 0 saturated carbocycles. The van der Waals surface area contributed by atoms with Crippen LogP contribution < -0.4 is 10.3 Å². The molecule has 3 rings (SSSR count). The Morgan fingerprint density at radius 3 is 2.31 bits per heavy atom. The average molecular weight is 400 g/mol. The van der Waals surface area contributed by atoms with E-state index in [9.17, 15) is 21.2 Å². The Balaban J connectivity index is 1.71. The number of anilines is 1. The molecule has 26 heavy (non-hydrogen) atoms. The average Bonchev–Trinajstić information content (AvgIpc) is 3.16. The fourth-order valence-electron chi connectivity index (χ4n) is 2.52. The van der Waals surface area contributed by atoms with E-state index in [1.807, 2.05) is 4.83 Å². The molecule has 2 aromatic rings. The van der Waals surface area contributed by atoms with E-state index >= 15 is 0 Å². The maximum Gasteiger partial charge on any atom is 0.260 e. The first-order chi connectivity index (χ1) is 12.3. The first-order valence-electron chi connectivity index (χ1n) is 7.79. The molecule has 0 aliphatic carbocycles. The summed E-state index contributed by atoms with van der Waals surface area (Å²) in [6.07, 6.45) is 2.79. The van der Waals surface area contributed by atoms with Crippen LogP contribution in [0.25, 0.3) is 0 Å². The number of halogens is 1. The van der Waals surface area contributed by atoms with Crippen molar-refractivity contribution in [2.24, 2.45) is 0 Å². The molecule has 8 nitrogen and oxygen atoms in total. The van der Waals surface area contributed by atoms with Crippen molar-refractivity contribution in [3.63, 3.8) is 0 Å². The summed E-state index contributed by atoms with van der Waals surface area (Å²) in [4.78, 5) is 5.42. The summed E-state index contributed by atoms with van der Waals surface area (Å²) in [6.45, 7) is 0.954. The monoisotopic (exact) mass is 400 g/mol. The zero-order valence-corrected chi connectivity index (χ0v) is 15.2. The number of sulfonamides is 2. The number of benzene rings is 1. The Kier molecular flexibility index (Phi) is 5.23. The van der Waals surface area contributed by atoms with Crippen LogP contribution >= 0.6 is 0 Å². The zero-order valence-electron chi connectivity index (χ0n) is 13.6. The van der Waals surface area contributed by atoms with E-state index in [4.69, 9.17) is 0 Å². The summed E-state index contributed by atoms with van der Waals surface area (Å²) < 4.78 is 64.0. The summed E-state index contributed by atoms with van der Waals surface area (Å²) in [5.41, 5.74) is 2.33. The van der Waals surface area contributed by atoms with E-state index in [0.717, 1.165) is 31.2 Å². The van der Waals surface area contributed by atoms with Crippen LogP contribution in [0.15, 0.2) is 52.4 Å². The number of hydrogen-bond donors (Lipinski definition) is 2. The van der Waals surface area contributed by atoms with Crippen LogP contribution in [0.5, 0.6) is 0 Å². The highest BCUT2D eigenvalue weighted by Crippen LogP contribution is 2.21. The molecular formula is C15H17FN4O4S2. The zero-order chi connectivity index (χ0) is 18.8. The van der Waals surface area contributed by atoms with E-state index in [-0.39, 0.29) is 10.7 Å². The van der Waals surface area contributed by atoms with Gasteiger partial charge in [-0.25, -0.2) is 26.2 Å². The predicted molar refractivity (Wildman–Crippen MR) is 92.6 cm³/mol. The highest BCUT2D eigenvalue weighted by Gasteiger charge is 2.27. The van der Waals surface area contributed by atoms with Crippen LogP contribution in [0.3, 0.4) is 0 Å². The fraction of sp³-hybridized carbons (Fsp3) is 0.267. The Bertz CT molecular complexity index is 989. The molecule has 0 atom stereocenters. The van der Waals surface area contributed by atoms with Crippen molar-refractivity contribution in [1.82, 2.24) is 14.1 Å². The third kappa shape index (κ3) is 3.85. The minimum Gasteiger partial charge on any atom is -0.292 e. The van der Waals surface area contributed by atoms with Crippen molar-refractivity contribution in [3.8, 4) is 0 Å². The summed E-state index contributed by atoms with van der Waals surface area (Å²) in [7, 11) is -7.74. The van der Waals surface area contributed by atoms with Gasteiger partial charge in [0.2, 0.25) is 10.0 Å². The second-order valence-electron chi connectivity index (χ2n) is 5.65. The molecule has 0 spiro atoms. The molecule has 2 heterocycles. The van der Waals surface area contributed by atoms with E-state index in [1.165, 1.54) is 28.6 Å². The van der Waals surface area contributed by atoms with Crippen molar-refractivity contribution in [2.45, 2.75) is 22.6 Å². The lowest BCUT2D eigenvalue weighted by atomic mass is 10.4. The maximum absolute atomic E-state index is 13.6. The maximum atomic E-state index is 13.6. The van der Waals surface area contributed by atoms with Crippen LogP contribution in [0.4, 0.5) is 10.2 Å². The van der Waals surface area contributed by atoms with Gasteiger partial charge in [-0.15, -0.1) is 4.83 Å². The van der Waals surface area contributed by atoms with Crippen molar-refractivity contribution >= 4 is 25.9 Å². The van der Waals surface area contributed by atoms with E-state index in [1.54, 1.807) is 0 Å². The number of hydrazine groups is 1. The molecule has 0 radical (unpaired) electrons. The molecule has 1 aromatic carbocycles. The molecular weight excluding hydrogens is 383 g/mol. The van der Waals surface area contributed by atoms with Crippen LogP contribution in [-0.2, 0) is 20.0 Å². The number of aromatic nitrogens is 1. The Hall–Kier alpha value is -2.08. The van der Waals surface area contributed by atoms with Crippen LogP contribution in [0.1, 0.15) is 12.8 Å². The molecule has 0 unspecified atom stereocenters. The van der Waals surface area contributed by atoms with Gasteiger partial charge in [-0.2, -0.15) is 4.31 Å². The third-order valence-corrected chi connectivity index (χ3v) is 7.04. The van der Waals surface area contributed by atoms with Gasteiger partial charge >= 0.3 is 0 Å². The second-order valence-corrected chi connectivity index (χ2v) is 9.24. The van der Waals surface area contributed by atoms with Gasteiger partial charge in [0.15, 0.2) is 0 Å². The predicted octanol–water partition coefficient (Wildman–Crippen LogP) is 1.31. The Labute approximate surface area is 151 Å². The second kappa shape index (κ2) is 7.27. The van der Waals surface area contributed by atoms with Crippen molar-refractivity contribution in [3.05, 3.63) is 48.4 Å². The van der Waals surface area contributed by atoms with Gasteiger partial charge in [0.05, 0.1) is 0 Å². The molecule has 140 valence electrons. The largest absolute Gasteiger partial charge is 0.292 e. The van der Waals surface area contributed by atoms with Crippen LogP contribution in [0.2, 0.25) is 0 Å². The lowest BCUT2D eigenvalue weighted by molar-refractivity contribution is 0.477. The Morgan fingerprint density at radius 1 is 1.00 bits per heavy atom. The standard InChI is InChI=1S/C15H17FN4O4S2/c16-13-5-1-2-6-14(13)25(21,22)19-18-15-8-7-12(11-17-15)26(23,24)20-9-3-4-10-20/h1-2,5-8,11,19H,3-4,9-10H2,(H,17,18). The lowest BCUT2D eigenvalue weighted by Gasteiger charge is -2.15. The molecule has 1 aliphatic rings. The van der Waals surface area contributed by atoms with Gasteiger partial charge < -0.3 is 0 Å². The number of nitrogens with one attached hydrogen (secondary N) is 2. The summed E-state index contributed by atoms with van der Waals surface area (Å²) in [6, 6.07) is 7.59. The SMILES string of the molecule is O=S(=O)(NNc1ccc(S(=O)(=O)N2CCCC2)cn1)c1ccccc1F. The summed E-state index contributed by atoms with van der Waals surface area (Å²) >= 11 is 0. The Morgan fingerprint density at radius 2 is 1.69 bits per heavy atom. The summed E-state index contributed by atoms with van der Waals surface area (Å²) in [5.74, 6) is -0.813. The molecule has 0 amide bonds.